The molecular formula is C12H20Cl2N2. The van der Waals surface area contributed by atoms with Gasteiger partial charge in [0.15, 0.2) is 0 Å². The predicted molar refractivity (Wildman–Crippen MR) is 75.2 cm³/mol. The van der Waals surface area contributed by atoms with Gasteiger partial charge in [0, 0.05) is 25.8 Å². The fourth-order valence-electron chi connectivity index (χ4n) is 1.97. The van der Waals surface area contributed by atoms with Crippen LogP contribution in [0.3, 0.4) is 0 Å². The number of benzene rings is 1. The summed E-state index contributed by atoms with van der Waals surface area (Å²) in [5.74, 6) is 0. The maximum Gasteiger partial charge on any atom is 0.0361 e. The van der Waals surface area contributed by atoms with E-state index in [4.69, 9.17) is 0 Å². The molecule has 2 nitrogen and oxygen atoms in total. The molecule has 1 atom stereocenters. The van der Waals surface area contributed by atoms with Crippen LogP contribution < -0.4 is 10.2 Å². The van der Waals surface area contributed by atoms with E-state index in [2.05, 4.69) is 48.6 Å². The fraction of sp³-hybridized carbons (Fsp3) is 0.500. The van der Waals surface area contributed by atoms with Crippen LogP contribution in [0.15, 0.2) is 24.3 Å². The largest absolute Gasteiger partial charge is 0.378 e. The lowest BCUT2D eigenvalue weighted by Gasteiger charge is -2.15. The maximum atomic E-state index is 3.51. The van der Waals surface area contributed by atoms with E-state index in [0.29, 0.717) is 6.04 Å². The van der Waals surface area contributed by atoms with Crippen molar-refractivity contribution in [3.63, 3.8) is 0 Å². The van der Waals surface area contributed by atoms with E-state index in [1.165, 1.54) is 30.6 Å². The van der Waals surface area contributed by atoms with Crippen LogP contribution in [0.2, 0.25) is 0 Å². The molecule has 1 N–H and O–H groups in total. The second-order valence-corrected chi connectivity index (χ2v) is 4.13. The summed E-state index contributed by atoms with van der Waals surface area (Å²) >= 11 is 0. The zero-order valence-electron chi connectivity index (χ0n) is 9.77. The molecular weight excluding hydrogens is 243 g/mol. The summed E-state index contributed by atoms with van der Waals surface area (Å²) in [5, 5.41) is 3.51. The molecule has 1 aromatic rings. The molecule has 0 unspecified atom stereocenters. The zero-order chi connectivity index (χ0) is 9.97. The van der Waals surface area contributed by atoms with Gasteiger partial charge in [-0.25, -0.2) is 0 Å². The Balaban J connectivity index is 0.00000112. The van der Waals surface area contributed by atoms with Crippen LogP contribution in [0, 0.1) is 0 Å². The van der Waals surface area contributed by atoms with Gasteiger partial charge in [-0.15, -0.1) is 24.8 Å². The Morgan fingerprint density at radius 3 is 2.19 bits per heavy atom. The molecule has 0 spiro atoms. The zero-order valence-corrected chi connectivity index (χ0v) is 11.4. The number of halogens is 2. The highest BCUT2D eigenvalue weighted by Crippen LogP contribution is 2.24. The van der Waals surface area contributed by atoms with Crippen LogP contribution in [0.25, 0.3) is 0 Å². The van der Waals surface area contributed by atoms with E-state index in [1.807, 2.05) is 0 Å². The first-order chi connectivity index (χ1) is 6.77. The second kappa shape index (κ2) is 7.00. The van der Waals surface area contributed by atoms with Gasteiger partial charge < -0.3 is 10.2 Å². The molecule has 1 aliphatic rings. The topological polar surface area (TPSA) is 15.3 Å². The Labute approximate surface area is 110 Å². The van der Waals surface area contributed by atoms with Crippen LogP contribution in [-0.4, -0.2) is 20.6 Å². The fourth-order valence-corrected chi connectivity index (χ4v) is 1.97. The first-order valence-corrected chi connectivity index (χ1v) is 5.28. The molecule has 1 fully saturated rings. The van der Waals surface area contributed by atoms with Gasteiger partial charge in [-0.2, -0.15) is 0 Å². The summed E-state index contributed by atoms with van der Waals surface area (Å²) in [6, 6.07) is 9.44. The Morgan fingerprint density at radius 1 is 1.12 bits per heavy atom. The van der Waals surface area contributed by atoms with E-state index in [0.717, 1.165) is 0 Å². The van der Waals surface area contributed by atoms with Gasteiger partial charge in [0.25, 0.3) is 0 Å². The van der Waals surface area contributed by atoms with Crippen molar-refractivity contribution in [2.24, 2.45) is 0 Å². The van der Waals surface area contributed by atoms with Crippen LogP contribution in [0.1, 0.15) is 24.4 Å². The van der Waals surface area contributed by atoms with E-state index in [-0.39, 0.29) is 24.8 Å². The number of anilines is 1. The van der Waals surface area contributed by atoms with E-state index >= 15 is 0 Å². The van der Waals surface area contributed by atoms with E-state index in [1.54, 1.807) is 0 Å². The van der Waals surface area contributed by atoms with Crippen LogP contribution in [0.5, 0.6) is 0 Å². The number of rotatable bonds is 2. The SMILES string of the molecule is CN(C)c1ccc([C@H]2CCCN2)cc1.Cl.Cl. The molecule has 0 aliphatic carbocycles. The summed E-state index contributed by atoms with van der Waals surface area (Å²) in [5.41, 5.74) is 2.69. The molecule has 2 rings (SSSR count). The van der Waals surface area contributed by atoms with Gasteiger partial charge in [0.05, 0.1) is 0 Å². The van der Waals surface area contributed by atoms with E-state index < -0.39 is 0 Å². The number of nitrogens with zero attached hydrogens (tertiary/aromatic N) is 1. The molecule has 1 aromatic carbocycles. The molecule has 1 saturated heterocycles. The molecule has 0 radical (unpaired) electrons. The Morgan fingerprint density at radius 2 is 1.75 bits per heavy atom. The van der Waals surface area contributed by atoms with Crippen molar-refractivity contribution in [2.45, 2.75) is 18.9 Å². The third kappa shape index (κ3) is 3.55. The number of hydrogen-bond donors (Lipinski definition) is 1. The Hall–Kier alpha value is -0.440. The van der Waals surface area contributed by atoms with Crippen molar-refractivity contribution >= 4 is 30.5 Å². The normalized spacial score (nSPS) is 18.5. The van der Waals surface area contributed by atoms with Gasteiger partial charge in [0.2, 0.25) is 0 Å². The van der Waals surface area contributed by atoms with Crippen molar-refractivity contribution in [3.8, 4) is 0 Å². The van der Waals surface area contributed by atoms with Crippen molar-refractivity contribution in [3.05, 3.63) is 29.8 Å². The summed E-state index contributed by atoms with van der Waals surface area (Å²) in [6.07, 6.45) is 2.58. The molecule has 0 aromatic heterocycles. The highest BCUT2D eigenvalue weighted by molar-refractivity contribution is 5.85. The van der Waals surface area contributed by atoms with Gasteiger partial charge in [-0.05, 0) is 37.1 Å². The molecule has 0 saturated carbocycles. The highest BCUT2D eigenvalue weighted by Gasteiger charge is 2.15. The Kier molecular flexibility index (Phi) is 6.81. The summed E-state index contributed by atoms with van der Waals surface area (Å²) in [4.78, 5) is 2.13. The predicted octanol–water partition coefficient (Wildman–Crippen LogP) is 3.02. The van der Waals surface area contributed by atoms with Gasteiger partial charge in [0.1, 0.15) is 0 Å². The van der Waals surface area contributed by atoms with Crippen molar-refractivity contribution in [1.29, 1.82) is 0 Å². The number of nitrogens with one attached hydrogen (secondary N) is 1. The standard InChI is InChI=1S/C12H18N2.2ClH/c1-14(2)11-7-5-10(6-8-11)12-4-3-9-13-12;;/h5-8,12-13H,3-4,9H2,1-2H3;2*1H/t12-;;/m1../s1. The van der Waals surface area contributed by atoms with Gasteiger partial charge in [-0.1, -0.05) is 12.1 Å². The minimum absolute atomic E-state index is 0. The number of hydrogen-bond acceptors (Lipinski definition) is 2. The lowest BCUT2D eigenvalue weighted by Crippen LogP contribution is -2.13. The van der Waals surface area contributed by atoms with Crippen molar-refractivity contribution in [1.82, 2.24) is 5.32 Å². The average Bonchev–Trinajstić information content (AvgIpc) is 2.71. The first kappa shape index (κ1) is 15.6. The molecule has 16 heavy (non-hydrogen) atoms. The van der Waals surface area contributed by atoms with Crippen molar-refractivity contribution < 1.29 is 0 Å². The molecule has 0 amide bonds. The third-order valence-corrected chi connectivity index (χ3v) is 2.87. The van der Waals surface area contributed by atoms with Crippen molar-refractivity contribution in [2.75, 3.05) is 25.5 Å². The van der Waals surface area contributed by atoms with Crippen LogP contribution >= 0.6 is 24.8 Å². The van der Waals surface area contributed by atoms with Crippen LogP contribution in [0.4, 0.5) is 5.69 Å². The minimum Gasteiger partial charge on any atom is -0.378 e. The first-order valence-electron chi connectivity index (χ1n) is 5.28. The average molecular weight is 263 g/mol. The van der Waals surface area contributed by atoms with Crippen LogP contribution in [-0.2, 0) is 0 Å². The minimum atomic E-state index is 0. The lowest BCUT2D eigenvalue weighted by molar-refractivity contribution is 0.648. The van der Waals surface area contributed by atoms with Gasteiger partial charge in [-0.3, -0.25) is 0 Å². The molecule has 1 heterocycles. The molecule has 0 bridgehead atoms. The molecule has 92 valence electrons. The monoisotopic (exact) mass is 262 g/mol. The smallest absolute Gasteiger partial charge is 0.0361 e. The second-order valence-electron chi connectivity index (χ2n) is 4.13. The maximum absolute atomic E-state index is 3.51. The van der Waals surface area contributed by atoms with Gasteiger partial charge >= 0.3 is 0 Å². The highest BCUT2D eigenvalue weighted by atomic mass is 35.5. The quantitative estimate of drug-likeness (QED) is 0.882. The van der Waals surface area contributed by atoms with E-state index in [9.17, 15) is 0 Å². The molecule has 4 heteroatoms. The summed E-state index contributed by atoms with van der Waals surface area (Å²) in [6.45, 7) is 1.17. The third-order valence-electron chi connectivity index (χ3n) is 2.87. The summed E-state index contributed by atoms with van der Waals surface area (Å²) in [7, 11) is 4.14. The summed E-state index contributed by atoms with van der Waals surface area (Å²) < 4.78 is 0. The lowest BCUT2D eigenvalue weighted by atomic mass is 10.1. The molecule has 1 aliphatic heterocycles. The Bertz CT molecular complexity index is 292.